The number of carbonyl (C=O) groups is 1. The molecule has 7 heteroatoms. The summed E-state index contributed by atoms with van der Waals surface area (Å²) in [6, 6.07) is 0. The van der Waals surface area contributed by atoms with Gasteiger partial charge in [-0.3, -0.25) is 4.79 Å². The number of amides is 1. The number of halogens is 3. The van der Waals surface area contributed by atoms with E-state index in [1.165, 1.54) is 11.8 Å². The molecular formula is C9H14F3NO2S. The first-order valence-corrected chi connectivity index (χ1v) is 5.91. The van der Waals surface area contributed by atoms with Gasteiger partial charge in [-0.25, -0.2) is 0 Å². The van der Waals surface area contributed by atoms with E-state index in [-0.39, 0.29) is 0 Å². The molecule has 0 saturated carbocycles. The molecule has 0 aromatic carbocycles. The van der Waals surface area contributed by atoms with Crippen LogP contribution >= 0.6 is 11.8 Å². The van der Waals surface area contributed by atoms with E-state index in [0.717, 1.165) is 12.2 Å². The number of alkyl halides is 3. The van der Waals surface area contributed by atoms with Crippen LogP contribution in [0.25, 0.3) is 0 Å². The fourth-order valence-electron chi connectivity index (χ4n) is 1.45. The highest BCUT2D eigenvalue weighted by molar-refractivity contribution is 8.01. The predicted molar refractivity (Wildman–Crippen MR) is 55.2 cm³/mol. The van der Waals surface area contributed by atoms with Gasteiger partial charge in [0.15, 0.2) is 6.10 Å². The zero-order valence-electron chi connectivity index (χ0n) is 8.80. The molecule has 3 nitrogen and oxygen atoms in total. The molecule has 1 amide bonds. The van der Waals surface area contributed by atoms with Gasteiger partial charge < -0.3 is 10.4 Å². The summed E-state index contributed by atoms with van der Waals surface area (Å²) in [4.78, 5) is 11.6. The number of carbonyl (C=O) groups excluding carboxylic acids is 1. The predicted octanol–water partition coefficient (Wildman–Crippen LogP) is 1.31. The van der Waals surface area contributed by atoms with Crippen molar-refractivity contribution in [1.29, 1.82) is 0 Å². The molecule has 94 valence electrons. The van der Waals surface area contributed by atoms with Gasteiger partial charge in [0.05, 0.1) is 11.3 Å². The van der Waals surface area contributed by atoms with Crippen molar-refractivity contribution in [3.05, 3.63) is 0 Å². The second-order valence-electron chi connectivity index (χ2n) is 3.95. The van der Waals surface area contributed by atoms with Crippen LogP contribution in [-0.4, -0.2) is 40.3 Å². The molecule has 0 spiro atoms. The highest BCUT2D eigenvalue weighted by atomic mass is 32.2. The van der Waals surface area contributed by atoms with E-state index in [1.807, 2.05) is 0 Å². The van der Waals surface area contributed by atoms with Crippen molar-refractivity contribution in [3.63, 3.8) is 0 Å². The van der Waals surface area contributed by atoms with Gasteiger partial charge in [0.2, 0.25) is 5.91 Å². The molecule has 1 saturated heterocycles. The Labute approximate surface area is 95.8 Å². The summed E-state index contributed by atoms with van der Waals surface area (Å²) in [5, 5.41) is 10.9. The van der Waals surface area contributed by atoms with Crippen molar-refractivity contribution in [2.75, 3.05) is 12.3 Å². The van der Waals surface area contributed by atoms with Crippen LogP contribution in [0.5, 0.6) is 0 Å². The third kappa shape index (κ3) is 3.28. The minimum absolute atomic E-state index is 0.432. The third-order valence-electron chi connectivity index (χ3n) is 2.53. The lowest BCUT2D eigenvalue weighted by Gasteiger charge is -2.23. The maximum absolute atomic E-state index is 12.0. The number of thioether (sulfide) groups is 1. The molecule has 1 rings (SSSR count). The number of aliphatic hydroxyl groups is 1. The molecular weight excluding hydrogens is 243 g/mol. The van der Waals surface area contributed by atoms with Gasteiger partial charge in [0.1, 0.15) is 0 Å². The zero-order valence-corrected chi connectivity index (χ0v) is 9.62. The highest BCUT2D eigenvalue weighted by Gasteiger charge is 2.41. The van der Waals surface area contributed by atoms with Crippen molar-refractivity contribution in [2.24, 2.45) is 0 Å². The van der Waals surface area contributed by atoms with Gasteiger partial charge in [0, 0.05) is 0 Å². The highest BCUT2D eigenvalue weighted by Crippen LogP contribution is 2.37. The van der Waals surface area contributed by atoms with Gasteiger partial charge >= 0.3 is 6.18 Å². The largest absolute Gasteiger partial charge is 0.416 e. The van der Waals surface area contributed by atoms with Crippen LogP contribution in [-0.2, 0) is 4.79 Å². The average Bonchev–Trinajstić information content (AvgIpc) is 2.60. The maximum atomic E-state index is 12.0. The Kier molecular flexibility index (Phi) is 4.12. The normalized spacial score (nSPS) is 27.8. The Morgan fingerprint density at radius 3 is 2.69 bits per heavy atom. The lowest BCUT2D eigenvalue weighted by atomic mass is 10.0. The minimum atomic E-state index is -4.68. The zero-order chi connectivity index (χ0) is 12.4. The Morgan fingerprint density at radius 2 is 2.25 bits per heavy atom. The fourth-order valence-corrected chi connectivity index (χ4v) is 2.68. The molecule has 1 heterocycles. The second kappa shape index (κ2) is 4.83. The van der Waals surface area contributed by atoms with E-state index in [9.17, 15) is 18.0 Å². The average molecular weight is 257 g/mol. The van der Waals surface area contributed by atoms with Crippen LogP contribution in [0.15, 0.2) is 0 Å². The summed E-state index contributed by atoms with van der Waals surface area (Å²) in [7, 11) is 0. The third-order valence-corrected chi connectivity index (χ3v) is 4.05. The van der Waals surface area contributed by atoms with Crippen molar-refractivity contribution >= 4 is 17.7 Å². The van der Waals surface area contributed by atoms with E-state index in [2.05, 4.69) is 5.32 Å². The Hall–Kier alpha value is -0.430. The van der Waals surface area contributed by atoms with E-state index >= 15 is 0 Å². The number of hydrogen-bond acceptors (Lipinski definition) is 3. The molecule has 2 N–H and O–H groups in total. The van der Waals surface area contributed by atoms with E-state index in [0.29, 0.717) is 6.42 Å². The number of nitrogens with one attached hydrogen (secondary N) is 1. The van der Waals surface area contributed by atoms with E-state index in [4.69, 9.17) is 5.11 Å². The molecule has 1 fully saturated rings. The summed E-state index contributed by atoms with van der Waals surface area (Å²) in [5.74, 6) is 0.407. The molecule has 0 aromatic rings. The van der Waals surface area contributed by atoms with Gasteiger partial charge in [-0.05, 0) is 25.5 Å². The Balaban J connectivity index is 2.41. The van der Waals surface area contributed by atoms with Crippen LogP contribution in [0.4, 0.5) is 13.2 Å². The van der Waals surface area contributed by atoms with Crippen molar-refractivity contribution in [1.82, 2.24) is 5.32 Å². The quantitative estimate of drug-likeness (QED) is 0.801. The first kappa shape index (κ1) is 13.6. The summed E-state index contributed by atoms with van der Waals surface area (Å²) in [6.07, 6.45) is -5.63. The van der Waals surface area contributed by atoms with Gasteiger partial charge in [0.25, 0.3) is 0 Å². The Morgan fingerprint density at radius 1 is 1.62 bits per heavy atom. The summed E-state index contributed by atoms with van der Waals surface area (Å²) < 4.78 is 35.2. The molecule has 16 heavy (non-hydrogen) atoms. The number of hydrogen-bond donors (Lipinski definition) is 2. The van der Waals surface area contributed by atoms with E-state index < -0.39 is 29.5 Å². The lowest BCUT2D eigenvalue weighted by molar-refractivity contribution is -0.201. The summed E-state index contributed by atoms with van der Waals surface area (Å²) in [6.45, 7) is 0.929. The molecule has 0 radical (unpaired) electrons. The van der Waals surface area contributed by atoms with Gasteiger partial charge in [-0.1, -0.05) is 0 Å². The van der Waals surface area contributed by atoms with Crippen LogP contribution < -0.4 is 5.32 Å². The molecule has 0 aliphatic carbocycles. The second-order valence-corrected chi connectivity index (χ2v) is 5.55. The monoisotopic (exact) mass is 257 g/mol. The molecule has 0 aromatic heterocycles. The first-order valence-electron chi connectivity index (χ1n) is 4.93. The summed E-state index contributed by atoms with van der Waals surface area (Å²) >= 11 is 1.44. The van der Waals surface area contributed by atoms with Crippen LogP contribution in [0, 0.1) is 0 Å². The molecule has 1 aliphatic heterocycles. The number of rotatable bonds is 3. The molecule has 1 aliphatic rings. The lowest BCUT2D eigenvalue weighted by Crippen LogP contribution is -2.46. The van der Waals surface area contributed by atoms with E-state index in [1.54, 1.807) is 6.92 Å². The van der Waals surface area contributed by atoms with Crippen LogP contribution in [0.3, 0.4) is 0 Å². The molecule has 0 bridgehead atoms. The SMILES string of the molecule is CC1(C(=O)NCC(O)C(F)(F)F)CCCS1. The Bertz CT molecular complexity index is 264. The van der Waals surface area contributed by atoms with Crippen molar-refractivity contribution in [2.45, 2.75) is 36.8 Å². The minimum Gasteiger partial charge on any atom is -0.382 e. The fraction of sp³-hybridized carbons (Fsp3) is 0.889. The topological polar surface area (TPSA) is 49.3 Å². The van der Waals surface area contributed by atoms with Gasteiger partial charge in [-0.2, -0.15) is 13.2 Å². The number of aliphatic hydroxyl groups excluding tert-OH is 1. The first-order chi connectivity index (χ1) is 7.26. The van der Waals surface area contributed by atoms with Crippen molar-refractivity contribution < 1.29 is 23.1 Å². The summed E-state index contributed by atoms with van der Waals surface area (Å²) in [5.41, 5.74) is 0. The van der Waals surface area contributed by atoms with Crippen LogP contribution in [0.1, 0.15) is 19.8 Å². The maximum Gasteiger partial charge on any atom is 0.416 e. The standard InChI is InChI=1S/C9H14F3NO2S/c1-8(3-2-4-16-8)7(15)13-5-6(14)9(10,11)12/h6,14H,2-5H2,1H3,(H,13,15). The smallest absolute Gasteiger partial charge is 0.382 e. The van der Waals surface area contributed by atoms with Crippen LogP contribution in [0.2, 0.25) is 0 Å². The van der Waals surface area contributed by atoms with Crippen molar-refractivity contribution in [3.8, 4) is 0 Å². The van der Waals surface area contributed by atoms with Gasteiger partial charge in [-0.15, -0.1) is 11.8 Å². The molecule has 2 unspecified atom stereocenters. The molecule has 2 atom stereocenters.